The van der Waals surface area contributed by atoms with E-state index in [-0.39, 0.29) is 12.3 Å². The molecule has 2 aromatic carbocycles. The monoisotopic (exact) mass is 362 g/mol. The first-order valence-electron chi connectivity index (χ1n) is 7.94. The predicted molar refractivity (Wildman–Crippen MR) is 94.4 cm³/mol. The molecule has 0 unspecified atom stereocenters. The molecule has 0 saturated carbocycles. The Kier molecular flexibility index (Phi) is 6.66. The molecule has 7 heteroatoms. The molecule has 1 amide bonds. The Labute approximate surface area is 150 Å². The largest absolute Gasteiger partial charge is 0.489 e. The van der Waals surface area contributed by atoms with Crippen LogP contribution in [-0.2, 0) is 16.2 Å². The van der Waals surface area contributed by atoms with Crippen LogP contribution in [0, 0.1) is 13.8 Å². The number of hydrogen-bond acceptors (Lipinski definition) is 4. The van der Waals surface area contributed by atoms with Gasteiger partial charge >= 0.3 is 6.61 Å². The molecule has 1 N–H and O–H groups in total. The van der Waals surface area contributed by atoms with E-state index in [0.29, 0.717) is 16.9 Å². The van der Waals surface area contributed by atoms with Crippen LogP contribution in [0.1, 0.15) is 22.3 Å². The SMILES string of the molecule is CNC(=O)/C(=N/OC(F)F)c1ccccc1COc1cc(C)ccc1C. The molecule has 0 atom stereocenters. The highest BCUT2D eigenvalue weighted by molar-refractivity contribution is 6.45. The van der Waals surface area contributed by atoms with Gasteiger partial charge in [0, 0.05) is 12.6 Å². The number of likely N-dealkylation sites (N-methyl/N-ethyl adjacent to an activating group) is 1. The van der Waals surface area contributed by atoms with Crippen molar-refractivity contribution in [2.45, 2.75) is 27.1 Å². The standard InChI is InChI=1S/C19H20F2N2O3/c1-12-8-9-13(2)16(10-12)25-11-14-6-4-5-7-15(14)17(18(24)22-3)23-26-19(20)21/h4-10,19H,11H2,1-3H3,(H,22,24)/b23-17+. The smallest absolute Gasteiger partial charge is 0.407 e. The minimum atomic E-state index is -3.12. The van der Waals surface area contributed by atoms with Gasteiger partial charge in [-0.25, -0.2) is 0 Å². The number of rotatable bonds is 7. The molecule has 0 saturated heterocycles. The molecule has 0 fully saturated rings. The number of carbonyl (C=O) groups excluding carboxylic acids is 1. The summed E-state index contributed by atoms with van der Waals surface area (Å²) in [6.45, 7) is 0.908. The van der Waals surface area contributed by atoms with Gasteiger partial charge in [0.1, 0.15) is 12.4 Å². The first-order chi connectivity index (χ1) is 12.4. The zero-order valence-electron chi connectivity index (χ0n) is 14.8. The Morgan fingerprint density at radius 3 is 2.62 bits per heavy atom. The maximum atomic E-state index is 12.3. The summed E-state index contributed by atoms with van der Waals surface area (Å²) in [4.78, 5) is 16.0. The van der Waals surface area contributed by atoms with Gasteiger partial charge in [-0.2, -0.15) is 8.78 Å². The van der Waals surface area contributed by atoms with Crippen molar-refractivity contribution in [1.29, 1.82) is 0 Å². The lowest BCUT2D eigenvalue weighted by molar-refractivity contribution is -0.129. The van der Waals surface area contributed by atoms with Crippen LogP contribution in [0.5, 0.6) is 5.75 Å². The van der Waals surface area contributed by atoms with Crippen molar-refractivity contribution >= 4 is 11.6 Å². The van der Waals surface area contributed by atoms with E-state index in [2.05, 4.69) is 15.3 Å². The zero-order valence-corrected chi connectivity index (χ0v) is 14.8. The molecule has 0 aromatic heterocycles. The molecule has 0 heterocycles. The summed E-state index contributed by atoms with van der Waals surface area (Å²) in [6.07, 6.45) is 0. The van der Waals surface area contributed by atoms with Gasteiger partial charge in [0.15, 0.2) is 5.71 Å². The number of ether oxygens (including phenoxy) is 1. The normalized spacial score (nSPS) is 11.4. The third-order valence-corrected chi connectivity index (χ3v) is 3.67. The van der Waals surface area contributed by atoms with Crippen molar-refractivity contribution in [2.75, 3.05) is 7.05 Å². The molecule has 26 heavy (non-hydrogen) atoms. The van der Waals surface area contributed by atoms with Gasteiger partial charge in [-0.3, -0.25) is 4.79 Å². The maximum absolute atomic E-state index is 12.3. The number of nitrogens with zero attached hydrogens (tertiary/aromatic N) is 1. The Bertz CT molecular complexity index is 807. The van der Waals surface area contributed by atoms with E-state index in [4.69, 9.17) is 4.74 Å². The summed E-state index contributed by atoms with van der Waals surface area (Å²) >= 11 is 0. The maximum Gasteiger partial charge on any atom is 0.407 e. The van der Waals surface area contributed by atoms with E-state index in [1.165, 1.54) is 7.05 Å². The Morgan fingerprint density at radius 2 is 1.92 bits per heavy atom. The van der Waals surface area contributed by atoms with Crippen molar-refractivity contribution in [3.8, 4) is 5.75 Å². The van der Waals surface area contributed by atoms with E-state index in [0.717, 1.165) is 11.1 Å². The first-order valence-corrected chi connectivity index (χ1v) is 7.94. The lowest BCUT2D eigenvalue weighted by Gasteiger charge is -2.14. The molecular formula is C19H20F2N2O3. The summed E-state index contributed by atoms with van der Waals surface area (Å²) in [6, 6.07) is 12.6. The lowest BCUT2D eigenvalue weighted by atomic mass is 10.0. The molecule has 138 valence electrons. The second kappa shape index (κ2) is 8.94. The van der Waals surface area contributed by atoms with Gasteiger partial charge in [-0.15, -0.1) is 0 Å². The fourth-order valence-corrected chi connectivity index (χ4v) is 2.32. The van der Waals surface area contributed by atoms with Gasteiger partial charge in [-0.05, 0) is 36.6 Å². The van der Waals surface area contributed by atoms with E-state index in [9.17, 15) is 13.6 Å². The third kappa shape index (κ3) is 5.02. The van der Waals surface area contributed by atoms with Crippen LogP contribution in [0.3, 0.4) is 0 Å². The van der Waals surface area contributed by atoms with Crippen LogP contribution in [0.15, 0.2) is 47.6 Å². The summed E-state index contributed by atoms with van der Waals surface area (Å²) in [7, 11) is 1.38. The quantitative estimate of drug-likeness (QED) is 0.605. The molecule has 2 rings (SSSR count). The van der Waals surface area contributed by atoms with Gasteiger partial charge in [-0.1, -0.05) is 41.6 Å². The number of nitrogens with one attached hydrogen (secondary N) is 1. The second-order valence-electron chi connectivity index (χ2n) is 5.60. The van der Waals surface area contributed by atoms with Crippen molar-refractivity contribution < 1.29 is 23.1 Å². The third-order valence-electron chi connectivity index (χ3n) is 3.67. The summed E-state index contributed by atoms with van der Waals surface area (Å²) in [5.74, 6) is 0.0758. The van der Waals surface area contributed by atoms with Gasteiger partial charge in [0.2, 0.25) is 0 Å². The topological polar surface area (TPSA) is 59.9 Å². The van der Waals surface area contributed by atoms with Gasteiger partial charge in [0.05, 0.1) is 0 Å². The Hall–Kier alpha value is -2.96. The number of carbonyl (C=O) groups is 1. The highest BCUT2D eigenvalue weighted by Crippen LogP contribution is 2.21. The zero-order chi connectivity index (χ0) is 19.1. The Balaban J connectivity index is 2.31. The van der Waals surface area contributed by atoms with E-state index in [1.807, 2.05) is 32.0 Å². The molecule has 0 aliphatic heterocycles. The van der Waals surface area contributed by atoms with Crippen LogP contribution < -0.4 is 10.1 Å². The molecular weight excluding hydrogens is 342 g/mol. The molecule has 2 aromatic rings. The number of hydrogen-bond donors (Lipinski definition) is 1. The van der Waals surface area contributed by atoms with Gasteiger partial charge < -0.3 is 14.9 Å². The van der Waals surface area contributed by atoms with Crippen LogP contribution >= 0.6 is 0 Å². The predicted octanol–water partition coefficient (Wildman–Crippen LogP) is 3.57. The summed E-state index contributed by atoms with van der Waals surface area (Å²) in [5.41, 5.74) is 2.76. The second-order valence-corrected chi connectivity index (χ2v) is 5.60. The number of alkyl halides is 2. The van der Waals surface area contributed by atoms with E-state index in [1.54, 1.807) is 24.3 Å². The van der Waals surface area contributed by atoms with Crippen molar-refractivity contribution in [2.24, 2.45) is 5.16 Å². The van der Waals surface area contributed by atoms with Crippen LogP contribution in [0.2, 0.25) is 0 Å². The van der Waals surface area contributed by atoms with Crippen molar-refractivity contribution in [3.63, 3.8) is 0 Å². The molecule has 0 aliphatic rings. The Morgan fingerprint density at radius 1 is 1.19 bits per heavy atom. The molecule has 0 aliphatic carbocycles. The fraction of sp³-hybridized carbons (Fsp3) is 0.263. The number of halogens is 2. The minimum absolute atomic E-state index is 0.144. The molecule has 5 nitrogen and oxygen atoms in total. The van der Waals surface area contributed by atoms with Crippen molar-refractivity contribution in [1.82, 2.24) is 5.32 Å². The number of aryl methyl sites for hydroxylation is 2. The molecule has 0 bridgehead atoms. The van der Waals surface area contributed by atoms with E-state index >= 15 is 0 Å². The first kappa shape index (κ1) is 19.4. The van der Waals surface area contributed by atoms with Gasteiger partial charge in [0.25, 0.3) is 5.91 Å². The highest BCUT2D eigenvalue weighted by Gasteiger charge is 2.18. The van der Waals surface area contributed by atoms with Crippen LogP contribution in [-0.4, -0.2) is 25.3 Å². The minimum Gasteiger partial charge on any atom is -0.489 e. The van der Waals surface area contributed by atoms with Crippen LogP contribution in [0.25, 0.3) is 0 Å². The number of oxime groups is 1. The average molecular weight is 362 g/mol. The molecule has 0 spiro atoms. The summed E-state index contributed by atoms with van der Waals surface area (Å²) < 4.78 is 30.5. The van der Waals surface area contributed by atoms with E-state index < -0.39 is 12.5 Å². The summed E-state index contributed by atoms with van der Waals surface area (Å²) in [5, 5.41) is 5.68. The molecule has 0 radical (unpaired) electrons. The van der Waals surface area contributed by atoms with Crippen LogP contribution in [0.4, 0.5) is 8.78 Å². The number of amides is 1. The fourth-order valence-electron chi connectivity index (χ4n) is 2.32. The lowest BCUT2D eigenvalue weighted by Crippen LogP contribution is -2.29. The van der Waals surface area contributed by atoms with Crippen molar-refractivity contribution in [3.05, 3.63) is 64.7 Å². The average Bonchev–Trinajstić information content (AvgIpc) is 2.63. The number of benzene rings is 2. The highest BCUT2D eigenvalue weighted by atomic mass is 19.3.